The summed E-state index contributed by atoms with van der Waals surface area (Å²) in [4.78, 5) is 3.79. The van der Waals surface area contributed by atoms with Gasteiger partial charge in [-0.25, -0.2) is 4.98 Å². The van der Waals surface area contributed by atoms with E-state index in [0.717, 1.165) is 24.1 Å². The fourth-order valence-electron chi connectivity index (χ4n) is 1.77. The van der Waals surface area contributed by atoms with Crippen LogP contribution in [0.15, 0.2) is 6.20 Å². The molecule has 0 bridgehead atoms. The maximum Gasteiger partial charge on any atom is 0.443 e. The van der Waals surface area contributed by atoms with E-state index in [4.69, 9.17) is 0 Å². The van der Waals surface area contributed by atoms with Gasteiger partial charge in [-0.15, -0.1) is 21.5 Å². The Morgan fingerprint density at radius 1 is 1.19 bits per heavy atom. The number of alkyl halides is 3. The predicted molar refractivity (Wildman–Crippen MR) is 76.4 cm³/mol. The Kier molecular flexibility index (Phi) is 4.46. The van der Waals surface area contributed by atoms with E-state index < -0.39 is 11.2 Å². The lowest BCUT2D eigenvalue weighted by Gasteiger charge is -2.11. The number of rotatable bonds is 4. The molecule has 0 aliphatic carbocycles. The van der Waals surface area contributed by atoms with Gasteiger partial charge in [0.2, 0.25) is 0 Å². The molecule has 0 amide bonds. The van der Waals surface area contributed by atoms with E-state index in [2.05, 4.69) is 20.5 Å². The van der Waals surface area contributed by atoms with Crippen LogP contribution >= 0.6 is 11.3 Å². The predicted octanol–water partition coefficient (Wildman–Crippen LogP) is 4.06. The molecule has 2 aromatic rings. The van der Waals surface area contributed by atoms with Crippen LogP contribution in [0, 0.1) is 13.8 Å². The zero-order valence-electron chi connectivity index (χ0n) is 11.9. The molecule has 0 aromatic carbocycles. The second-order valence-electron chi connectivity index (χ2n) is 4.60. The lowest BCUT2D eigenvalue weighted by atomic mass is 10.1. The third-order valence-corrected chi connectivity index (χ3v) is 4.10. The highest BCUT2D eigenvalue weighted by Gasteiger charge is 2.35. The van der Waals surface area contributed by atoms with Gasteiger partial charge in [0.25, 0.3) is 0 Å². The molecule has 1 N–H and O–H groups in total. The largest absolute Gasteiger partial charge is 0.443 e. The Bertz CT molecular complexity index is 637. The average Bonchev–Trinajstić information content (AvgIpc) is 2.90. The zero-order chi connectivity index (χ0) is 15.6. The van der Waals surface area contributed by atoms with Crippen LogP contribution in [0.5, 0.6) is 0 Å². The molecule has 21 heavy (non-hydrogen) atoms. The molecule has 8 heteroatoms. The van der Waals surface area contributed by atoms with E-state index in [9.17, 15) is 13.2 Å². The summed E-state index contributed by atoms with van der Waals surface area (Å²) in [5.74, 6) is 0.665. The molecule has 2 heterocycles. The van der Waals surface area contributed by atoms with Gasteiger partial charge in [-0.2, -0.15) is 13.2 Å². The summed E-state index contributed by atoms with van der Waals surface area (Å²) < 4.78 is 37.8. The lowest BCUT2D eigenvalue weighted by molar-refractivity contribution is -0.137. The molecule has 114 valence electrons. The van der Waals surface area contributed by atoms with Crippen molar-refractivity contribution in [2.45, 2.75) is 33.4 Å². The fourth-order valence-corrected chi connectivity index (χ4v) is 2.59. The highest BCUT2D eigenvalue weighted by molar-refractivity contribution is 7.15. The van der Waals surface area contributed by atoms with Gasteiger partial charge < -0.3 is 5.32 Å². The molecule has 2 rings (SSSR count). The molecule has 0 spiro atoms. The molecular weight excluding hydrogens is 301 g/mol. The average molecular weight is 316 g/mol. The second kappa shape index (κ2) is 5.97. The van der Waals surface area contributed by atoms with Crippen LogP contribution in [0.25, 0.3) is 10.6 Å². The van der Waals surface area contributed by atoms with Crippen molar-refractivity contribution in [2.24, 2.45) is 0 Å². The van der Waals surface area contributed by atoms with E-state index in [1.807, 2.05) is 20.8 Å². The number of anilines is 1. The molecule has 0 aliphatic heterocycles. The van der Waals surface area contributed by atoms with Crippen LogP contribution in [0.3, 0.4) is 0 Å². The van der Waals surface area contributed by atoms with Gasteiger partial charge in [0.15, 0.2) is 10.8 Å². The van der Waals surface area contributed by atoms with E-state index in [1.54, 1.807) is 0 Å². The highest BCUT2D eigenvalue weighted by atomic mass is 32.1. The minimum Gasteiger partial charge on any atom is -0.368 e. The third-order valence-electron chi connectivity index (χ3n) is 3.05. The maximum absolute atomic E-state index is 12.6. The highest BCUT2D eigenvalue weighted by Crippen LogP contribution is 2.37. The Hall–Kier alpha value is -1.70. The summed E-state index contributed by atoms with van der Waals surface area (Å²) in [5, 5.41) is 10.4. The minimum atomic E-state index is -4.43. The molecular formula is C13H15F3N4S. The smallest absolute Gasteiger partial charge is 0.368 e. The number of halogens is 3. The normalized spacial score (nSPS) is 11.7. The summed E-state index contributed by atoms with van der Waals surface area (Å²) in [7, 11) is 0. The zero-order valence-corrected chi connectivity index (χ0v) is 12.7. The third kappa shape index (κ3) is 3.31. The molecule has 0 aliphatic rings. The number of thiazole rings is 1. The van der Waals surface area contributed by atoms with Crippen molar-refractivity contribution in [2.75, 3.05) is 11.9 Å². The van der Waals surface area contributed by atoms with Crippen LogP contribution in [0.1, 0.15) is 29.5 Å². The van der Waals surface area contributed by atoms with Crippen LogP contribution < -0.4 is 5.32 Å². The van der Waals surface area contributed by atoms with Crippen molar-refractivity contribution >= 4 is 17.2 Å². The van der Waals surface area contributed by atoms with Gasteiger partial charge in [0.05, 0.1) is 4.88 Å². The van der Waals surface area contributed by atoms with Crippen LogP contribution in [-0.2, 0) is 6.18 Å². The standard InChI is InChI=1S/C13H15F3N4S/c1-4-5-17-11-8(3)7(2)10(19-20-11)9-6-18-12(21-9)13(14,15)16/h6H,4-5H2,1-3H3,(H,17,20). The van der Waals surface area contributed by atoms with Crippen molar-refractivity contribution < 1.29 is 13.2 Å². The first kappa shape index (κ1) is 15.7. The Labute approximate surface area is 124 Å². The van der Waals surface area contributed by atoms with Gasteiger partial charge in [-0.05, 0) is 31.4 Å². The first-order valence-corrected chi connectivity index (χ1v) is 7.27. The monoisotopic (exact) mass is 316 g/mol. The van der Waals surface area contributed by atoms with E-state index in [0.29, 0.717) is 27.7 Å². The molecule has 2 aromatic heterocycles. The quantitative estimate of drug-likeness (QED) is 0.924. The Morgan fingerprint density at radius 2 is 1.90 bits per heavy atom. The SMILES string of the molecule is CCCNc1nnc(-c2cnc(C(F)(F)F)s2)c(C)c1C. The van der Waals surface area contributed by atoms with Gasteiger partial charge in [-0.1, -0.05) is 6.92 Å². The van der Waals surface area contributed by atoms with Gasteiger partial charge >= 0.3 is 6.18 Å². The van der Waals surface area contributed by atoms with Gasteiger partial charge in [0, 0.05) is 12.7 Å². The Balaban J connectivity index is 2.37. The summed E-state index contributed by atoms with van der Waals surface area (Å²) in [5.41, 5.74) is 2.14. The van der Waals surface area contributed by atoms with Gasteiger partial charge in [-0.3, -0.25) is 0 Å². The van der Waals surface area contributed by atoms with Crippen LogP contribution in [-0.4, -0.2) is 21.7 Å². The fraction of sp³-hybridized carbons (Fsp3) is 0.462. The van der Waals surface area contributed by atoms with Crippen molar-refractivity contribution in [1.82, 2.24) is 15.2 Å². The van der Waals surface area contributed by atoms with E-state index in [-0.39, 0.29) is 0 Å². The van der Waals surface area contributed by atoms with Crippen molar-refractivity contribution in [3.63, 3.8) is 0 Å². The molecule has 0 radical (unpaired) electrons. The molecule has 0 atom stereocenters. The topological polar surface area (TPSA) is 50.7 Å². The van der Waals surface area contributed by atoms with Crippen molar-refractivity contribution in [3.8, 4) is 10.6 Å². The first-order chi connectivity index (χ1) is 9.84. The van der Waals surface area contributed by atoms with Gasteiger partial charge in [0.1, 0.15) is 5.69 Å². The number of hydrogen-bond acceptors (Lipinski definition) is 5. The second-order valence-corrected chi connectivity index (χ2v) is 5.63. The molecule has 0 unspecified atom stereocenters. The summed E-state index contributed by atoms with van der Waals surface area (Å²) in [6, 6.07) is 0. The minimum absolute atomic E-state index is 0.373. The molecule has 4 nitrogen and oxygen atoms in total. The number of hydrogen-bond donors (Lipinski definition) is 1. The maximum atomic E-state index is 12.6. The van der Waals surface area contributed by atoms with Crippen molar-refractivity contribution in [1.29, 1.82) is 0 Å². The molecule has 0 saturated carbocycles. The molecule has 0 saturated heterocycles. The van der Waals surface area contributed by atoms with Crippen LogP contribution in [0.2, 0.25) is 0 Å². The van der Waals surface area contributed by atoms with E-state index in [1.165, 1.54) is 6.20 Å². The first-order valence-electron chi connectivity index (χ1n) is 6.45. The Morgan fingerprint density at radius 3 is 2.48 bits per heavy atom. The number of aromatic nitrogens is 3. The van der Waals surface area contributed by atoms with Crippen molar-refractivity contribution in [3.05, 3.63) is 22.3 Å². The lowest BCUT2D eigenvalue weighted by Crippen LogP contribution is -2.07. The number of nitrogens with zero attached hydrogens (tertiary/aromatic N) is 3. The van der Waals surface area contributed by atoms with Crippen LogP contribution in [0.4, 0.5) is 19.0 Å². The summed E-state index contributed by atoms with van der Waals surface area (Å²) in [6.45, 7) is 6.50. The summed E-state index contributed by atoms with van der Waals surface area (Å²) >= 11 is 0.580. The molecule has 0 fully saturated rings. The number of nitrogens with one attached hydrogen (secondary N) is 1. The summed E-state index contributed by atoms with van der Waals surface area (Å²) in [6.07, 6.45) is -2.28. The van der Waals surface area contributed by atoms with E-state index >= 15 is 0 Å².